The van der Waals surface area contributed by atoms with Gasteiger partial charge in [-0.2, -0.15) is 0 Å². The summed E-state index contributed by atoms with van der Waals surface area (Å²) < 4.78 is 29.3. The van der Waals surface area contributed by atoms with Crippen molar-refractivity contribution in [1.29, 1.82) is 0 Å². The van der Waals surface area contributed by atoms with E-state index >= 15 is 0 Å². The molecule has 154 valence electrons. The number of nitrogens with one attached hydrogen (secondary N) is 2. The van der Waals surface area contributed by atoms with Crippen LogP contribution >= 0.6 is 24.0 Å². The van der Waals surface area contributed by atoms with E-state index < -0.39 is 0 Å². The van der Waals surface area contributed by atoms with Gasteiger partial charge in [0.15, 0.2) is 17.5 Å². The topological polar surface area (TPSA) is 64.1 Å². The second kappa shape index (κ2) is 12.3. The molecule has 6 nitrogen and oxygen atoms in total. The largest absolute Gasteiger partial charge is 0.496 e. The number of aliphatic imine (C=N–C) groups is 1. The third-order valence-corrected chi connectivity index (χ3v) is 4.05. The molecule has 0 aliphatic heterocycles. The summed E-state index contributed by atoms with van der Waals surface area (Å²) in [5, 5.41) is 6.45. The number of hydrogen-bond acceptors (Lipinski definition) is 4. The molecule has 2 aromatic carbocycles. The molecule has 8 heteroatoms. The van der Waals surface area contributed by atoms with Crippen LogP contribution in [0.4, 0.5) is 4.39 Å². The van der Waals surface area contributed by atoms with Crippen LogP contribution in [-0.4, -0.2) is 40.9 Å². The molecule has 0 heterocycles. The van der Waals surface area contributed by atoms with Crippen molar-refractivity contribution < 1.29 is 18.6 Å². The molecule has 0 amide bonds. The van der Waals surface area contributed by atoms with Crippen LogP contribution in [0.15, 0.2) is 41.4 Å². The fraction of sp³-hybridized carbons (Fsp3) is 0.350. The highest BCUT2D eigenvalue weighted by molar-refractivity contribution is 14.0. The molecule has 2 rings (SSSR count). The maximum atomic E-state index is 13.2. The third-order valence-electron chi connectivity index (χ3n) is 4.05. The van der Waals surface area contributed by atoms with E-state index in [4.69, 9.17) is 14.2 Å². The van der Waals surface area contributed by atoms with E-state index in [1.54, 1.807) is 40.5 Å². The normalized spacial score (nSPS) is 10.7. The highest BCUT2D eigenvalue weighted by Crippen LogP contribution is 2.34. The molecule has 0 spiro atoms. The number of guanidine groups is 1. The van der Waals surface area contributed by atoms with Gasteiger partial charge in [-0.1, -0.05) is 12.1 Å². The number of rotatable bonds is 8. The molecule has 0 aliphatic carbocycles. The van der Waals surface area contributed by atoms with E-state index in [0.29, 0.717) is 42.7 Å². The maximum Gasteiger partial charge on any atom is 0.191 e. The molecule has 0 unspecified atom stereocenters. The van der Waals surface area contributed by atoms with Crippen LogP contribution in [0.25, 0.3) is 0 Å². The summed E-state index contributed by atoms with van der Waals surface area (Å²) in [4.78, 5) is 4.21. The summed E-state index contributed by atoms with van der Waals surface area (Å²) in [5.74, 6) is 2.34. The van der Waals surface area contributed by atoms with Crippen LogP contribution in [0.1, 0.15) is 11.1 Å². The molecule has 0 fully saturated rings. The third kappa shape index (κ3) is 6.74. The minimum absolute atomic E-state index is 0. The zero-order valence-electron chi connectivity index (χ0n) is 16.5. The molecule has 0 saturated carbocycles. The maximum absolute atomic E-state index is 13.2. The molecule has 0 bridgehead atoms. The highest BCUT2D eigenvalue weighted by Gasteiger charge is 2.12. The van der Waals surface area contributed by atoms with Gasteiger partial charge < -0.3 is 24.8 Å². The van der Waals surface area contributed by atoms with Crippen molar-refractivity contribution in [3.05, 3.63) is 53.3 Å². The van der Waals surface area contributed by atoms with Gasteiger partial charge in [-0.25, -0.2) is 4.39 Å². The summed E-state index contributed by atoms with van der Waals surface area (Å²) in [6.45, 7) is 1.12. The van der Waals surface area contributed by atoms with Crippen molar-refractivity contribution in [3.8, 4) is 17.2 Å². The molecular weight excluding hydrogens is 476 g/mol. The van der Waals surface area contributed by atoms with Gasteiger partial charge in [0.25, 0.3) is 0 Å². The average Bonchev–Trinajstić information content (AvgIpc) is 2.69. The lowest BCUT2D eigenvalue weighted by Gasteiger charge is -2.16. The van der Waals surface area contributed by atoms with E-state index in [-0.39, 0.29) is 29.8 Å². The lowest BCUT2D eigenvalue weighted by Crippen LogP contribution is -2.37. The number of halogens is 2. The first-order chi connectivity index (χ1) is 13.1. The molecule has 0 radical (unpaired) electrons. The van der Waals surface area contributed by atoms with Gasteiger partial charge in [-0.3, -0.25) is 4.99 Å². The molecule has 0 aromatic heterocycles. The first kappa shape index (κ1) is 23.8. The van der Waals surface area contributed by atoms with Gasteiger partial charge in [0.2, 0.25) is 0 Å². The van der Waals surface area contributed by atoms with E-state index in [1.165, 1.54) is 12.1 Å². The van der Waals surface area contributed by atoms with Crippen molar-refractivity contribution in [2.45, 2.75) is 13.0 Å². The Morgan fingerprint density at radius 3 is 2.25 bits per heavy atom. The number of benzene rings is 2. The number of ether oxygens (including phenoxy) is 3. The Kier molecular flexibility index (Phi) is 10.4. The summed E-state index contributed by atoms with van der Waals surface area (Å²) in [6, 6.07) is 10.2. The molecule has 2 aromatic rings. The van der Waals surface area contributed by atoms with Gasteiger partial charge in [-0.05, 0) is 30.2 Å². The smallest absolute Gasteiger partial charge is 0.191 e. The Hall–Kier alpha value is -2.23. The van der Waals surface area contributed by atoms with Crippen LogP contribution in [0.2, 0.25) is 0 Å². The van der Waals surface area contributed by atoms with Gasteiger partial charge >= 0.3 is 0 Å². The van der Waals surface area contributed by atoms with Gasteiger partial charge in [-0.15, -0.1) is 24.0 Å². The predicted octanol–water partition coefficient (Wildman–Crippen LogP) is 3.38. The van der Waals surface area contributed by atoms with Crippen molar-refractivity contribution in [2.75, 3.05) is 34.9 Å². The minimum atomic E-state index is -0.226. The number of hydrogen-bond donors (Lipinski definition) is 2. The first-order valence-corrected chi connectivity index (χ1v) is 8.59. The van der Waals surface area contributed by atoms with Crippen molar-refractivity contribution in [2.24, 2.45) is 4.99 Å². The Balaban J connectivity index is 0.00000392. The summed E-state index contributed by atoms with van der Waals surface area (Å²) in [6.07, 6.45) is 0.693. The Labute approximate surface area is 182 Å². The second-order valence-electron chi connectivity index (χ2n) is 5.75. The average molecular weight is 503 g/mol. The summed E-state index contributed by atoms with van der Waals surface area (Å²) >= 11 is 0. The quantitative estimate of drug-likeness (QED) is 0.329. The predicted molar refractivity (Wildman–Crippen MR) is 120 cm³/mol. The SMILES string of the molecule is CN=C(NCCc1cccc(F)c1)NCc1cc(OC)c(OC)cc1OC.I. The second-order valence-corrected chi connectivity index (χ2v) is 5.75. The van der Waals surface area contributed by atoms with Crippen LogP contribution in [0.3, 0.4) is 0 Å². The van der Waals surface area contributed by atoms with Crippen LogP contribution in [0.5, 0.6) is 17.2 Å². The van der Waals surface area contributed by atoms with Crippen molar-refractivity contribution in [1.82, 2.24) is 10.6 Å². The van der Waals surface area contributed by atoms with E-state index in [1.807, 2.05) is 12.1 Å². The molecular formula is C20H27FIN3O3. The Bertz CT molecular complexity index is 787. The van der Waals surface area contributed by atoms with Crippen molar-refractivity contribution in [3.63, 3.8) is 0 Å². The fourth-order valence-electron chi connectivity index (χ4n) is 2.65. The zero-order valence-corrected chi connectivity index (χ0v) is 18.9. The van der Waals surface area contributed by atoms with Crippen LogP contribution in [-0.2, 0) is 13.0 Å². The molecule has 0 atom stereocenters. The number of methoxy groups -OCH3 is 3. The zero-order chi connectivity index (χ0) is 19.6. The van der Waals surface area contributed by atoms with Gasteiger partial charge in [0, 0.05) is 31.8 Å². The van der Waals surface area contributed by atoms with Gasteiger partial charge in [0.05, 0.1) is 21.3 Å². The van der Waals surface area contributed by atoms with E-state index in [2.05, 4.69) is 15.6 Å². The van der Waals surface area contributed by atoms with Crippen LogP contribution < -0.4 is 24.8 Å². The van der Waals surface area contributed by atoms with E-state index in [0.717, 1.165) is 11.1 Å². The van der Waals surface area contributed by atoms with E-state index in [9.17, 15) is 4.39 Å². The molecule has 0 saturated heterocycles. The monoisotopic (exact) mass is 503 g/mol. The Morgan fingerprint density at radius 1 is 0.964 bits per heavy atom. The Morgan fingerprint density at radius 2 is 1.64 bits per heavy atom. The standard InChI is InChI=1S/C20H26FN3O3.HI/c1-22-20(23-9-8-14-6-5-7-16(21)10-14)24-13-15-11-18(26-3)19(27-4)12-17(15)25-2;/h5-7,10-12H,8-9,13H2,1-4H3,(H2,22,23,24);1H. The van der Waals surface area contributed by atoms with Gasteiger partial charge in [0.1, 0.15) is 11.6 Å². The minimum Gasteiger partial charge on any atom is -0.496 e. The first-order valence-electron chi connectivity index (χ1n) is 8.59. The fourth-order valence-corrected chi connectivity index (χ4v) is 2.65. The lowest BCUT2D eigenvalue weighted by molar-refractivity contribution is 0.347. The highest BCUT2D eigenvalue weighted by atomic mass is 127. The molecule has 2 N–H and O–H groups in total. The summed E-state index contributed by atoms with van der Waals surface area (Å²) in [5.41, 5.74) is 1.84. The number of nitrogens with zero attached hydrogens (tertiary/aromatic N) is 1. The molecule has 28 heavy (non-hydrogen) atoms. The lowest BCUT2D eigenvalue weighted by atomic mass is 10.1. The molecule has 0 aliphatic rings. The van der Waals surface area contributed by atoms with Crippen molar-refractivity contribution >= 4 is 29.9 Å². The van der Waals surface area contributed by atoms with Crippen LogP contribution in [0, 0.1) is 5.82 Å². The summed E-state index contributed by atoms with van der Waals surface area (Å²) in [7, 11) is 6.48.